The van der Waals surface area contributed by atoms with Gasteiger partial charge in [0.1, 0.15) is 11.5 Å². The van der Waals surface area contributed by atoms with Gasteiger partial charge in [-0.2, -0.15) is 0 Å². The van der Waals surface area contributed by atoms with E-state index in [9.17, 15) is 9.18 Å². The molecule has 0 atom stereocenters. The minimum Gasteiger partial charge on any atom is -0.477 e. The summed E-state index contributed by atoms with van der Waals surface area (Å²) in [6.45, 7) is 2.38. The first-order chi connectivity index (χ1) is 8.13. The van der Waals surface area contributed by atoms with E-state index in [1.54, 1.807) is 22.8 Å². The zero-order chi connectivity index (χ0) is 12.4. The summed E-state index contributed by atoms with van der Waals surface area (Å²) in [5.41, 5.74) is 1.61. The van der Waals surface area contributed by atoms with Crippen molar-refractivity contribution in [1.82, 2.24) is 4.57 Å². The molecule has 2 aromatic rings. The topological polar surface area (TPSA) is 42.2 Å². The molecule has 88 valence electrons. The highest BCUT2D eigenvalue weighted by molar-refractivity contribution is 5.87. The fraction of sp³-hybridized carbons (Fsp3) is 0.154. The Kier molecular flexibility index (Phi) is 2.95. The third-order valence-electron chi connectivity index (χ3n) is 2.64. The lowest BCUT2D eigenvalue weighted by Crippen LogP contribution is -2.08. The summed E-state index contributed by atoms with van der Waals surface area (Å²) >= 11 is 0. The van der Waals surface area contributed by atoms with Crippen LogP contribution in [0.4, 0.5) is 4.39 Å². The lowest BCUT2D eigenvalue weighted by molar-refractivity contribution is 0.0685. The number of carbonyl (C=O) groups is 1. The second kappa shape index (κ2) is 4.41. The maximum atomic E-state index is 13.1. The van der Waals surface area contributed by atoms with E-state index < -0.39 is 5.97 Å². The molecule has 2 rings (SSSR count). The molecule has 0 fully saturated rings. The number of aromatic nitrogens is 1. The quantitative estimate of drug-likeness (QED) is 0.885. The van der Waals surface area contributed by atoms with Crippen molar-refractivity contribution in [2.75, 3.05) is 0 Å². The molecule has 0 unspecified atom stereocenters. The molecule has 1 heterocycles. The number of halogens is 1. The van der Waals surface area contributed by atoms with Gasteiger partial charge in [-0.3, -0.25) is 0 Å². The number of aromatic carboxylic acids is 1. The Labute approximate surface area is 98.1 Å². The Morgan fingerprint density at radius 2 is 2.12 bits per heavy atom. The third kappa shape index (κ3) is 2.06. The molecule has 4 heteroatoms. The Balaban J connectivity index is 2.56. The van der Waals surface area contributed by atoms with Gasteiger partial charge in [0, 0.05) is 17.8 Å². The van der Waals surface area contributed by atoms with Crippen molar-refractivity contribution in [3.05, 3.63) is 47.9 Å². The van der Waals surface area contributed by atoms with Crippen LogP contribution < -0.4 is 0 Å². The fourth-order valence-electron chi connectivity index (χ4n) is 1.89. The normalized spacial score (nSPS) is 10.5. The molecule has 1 N–H and O–H groups in total. The molecule has 3 nitrogen and oxygen atoms in total. The van der Waals surface area contributed by atoms with Crippen LogP contribution in [0.15, 0.2) is 36.4 Å². The molecular formula is C13H12FNO2. The van der Waals surface area contributed by atoms with Crippen LogP contribution in [0.2, 0.25) is 0 Å². The van der Waals surface area contributed by atoms with Crippen molar-refractivity contribution in [3.63, 3.8) is 0 Å². The van der Waals surface area contributed by atoms with Gasteiger partial charge >= 0.3 is 5.97 Å². The lowest BCUT2D eigenvalue weighted by Gasteiger charge is -2.08. The van der Waals surface area contributed by atoms with Crippen LogP contribution in [0, 0.1) is 5.82 Å². The molecule has 0 spiro atoms. The molecule has 0 saturated carbocycles. The summed E-state index contributed by atoms with van der Waals surface area (Å²) < 4.78 is 14.8. The predicted octanol–water partition coefficient (Wildman–Crippen LogP) is 3.01. The number of carboxylic acids is 1. The van der Waals surface area contributed by atoms with Gasteiger partial charge in [0.2, 0.25) is 0 Å². The summed E-state index contributed by atoms with van der Waals surface area (Å²) in [6.07, 6.45) is 0. The highest BCUT2D eigenvalue weighted by Gasteiger charge is 2.13. The Morgan fingerprint density at radius 1 is 1.35 bits per heavy atom. The minimum absolute atomic E-state index is 0.215. The standard InChI is InChI=1S/C13H12FNO2/c1-2-15-11(6-7-12(15)13(16)17)9-4-3-5-10(14)8-9/h3-8H,2H2,1H3,(H,16,17). The highest BCUT2D eigenvalue weighted by atomic mass is 19.1. The molecular weight excluding hydrogens is 221 g/mol. The molecule has 0 amide bonds. The molecule has 0 aliphatic carbocycles. The second-order valence-corrected chi connectivity index (χ2v) is 3.66. The third-order valence-corrected chi connectivity index (χ3v) is 2.64. The molecule has 17 heavy (non-hydrogen) atoms. The van der Waals surface area contributed by atoms with Crippen LogP contribution in [-0.4, -0.2) is 15.6 Å². The monoisotopic (exact) mass is 233 g/mol. The summed E-state index contributed by atoms with van der Waals surface area (Å²) in [6, 6.07) is 9.36. The highest BCUT2D eigenvalue weighted by Crippen LogP contribution is 2.23. The SMILES string of the molecule is CCn1c(C(=O)O)ccc1-c1cccc(F)c1. The zero-order valence-electron chi connectivity index (χ0n) is 9.35. The summed E-state index contributed by atoms with van der Waals surface area (Å²) in [4.78, 5) is 11.0. The van der Waals surface area contributed by atoms with E-state index in [0.29, 0.717) is 17.8 Å². The Hall–Kier alpha value is -2.10. The van der Waals surface area contributed by atoms with Crippen LogP contribution in [0.1, 0.15) is 17.4 Å². The van der Waals surface area contributed by atoms with E-state index in [1.165, 1.54) is 18.2 Å². The van der Waals surface area contributed by atoms with Crippen molar-refractivity contribution in [3.8, 4) is 11.3 Å². The van der Waals surface area contributed by atoms with Crippen LogP contribution >= 0.6 is 0 Å². The van der Waals surface area contributed by atoms with E-state index in [2.05, 4.69) is 0 Å². The van der Waals surface area contributed by atoms with Gasteiger partial charge in [0.25, 0.3) is 0 Å². The van der Waals surface area contributed by atoms with Gasteiger partial charge in [0.15, 0.2) is 0 Å². The minimum atomic E-state index is -0.977. The van der Waals surface area contributed by atoms with E-state index >= 15 is 0 Å². The van der Waals surface area contributed by atoms with Gasteiger partial charge in [-0.15, -0.1) is 0 Å². The summed E-state index contributed by atoms with van der Waals surface area (Å²) in [5, 5.41) is 9.02. The summed E-state index contributed by atoms with van der Waals surface area (Å²) in [5.74, 6) is -1.31. The molecule has 0 bridgehead atoms. The Morgan fingerprint density at radius 3 is 2.71 bits per heavy atom. The average Bonchev–Trinajstić information content (AvgIpc) is 2.72. The van der Waals surface area contributed by atoms with Crippen LogP contribution in [-0.2, 0) is 6.54 Å². The van der Waals surface area contributed by atoms with Crippen molar-refractivity contribution in [1.29, 1.82) is 0 Å². The smallest absolute Gasteiger partial charge is 0.352 e. The van der Waals surface area contributed by atoms with Crippen LogP contribution in [0.25, 0.3) is 11.3 Å². The van der Waals surface area contributed by atoms with Crippen molar-refractivity contribution < 1.29 is 14.3 Å². The molecule has 0 aliphatic rings. The first kappa shape index (κ1) is 11.4. The molecule has 0 radical (unpaired) electrons. The number of nitrogens with zero attached hydrogens (tertiary/aromatic N) is 1. The maximum Gasteiger partial charge on any atom is 0.352 e. The number of carboxylic acid groups (broad SMARTS) is 1. The molecule has 1 aromatic heterocycles. The molecule has 0 aliphatic heterocycles. The predicted molar refractivity (Wildman–Crippen MR) is 62.5 cm³/mol. The van der Waals surface area contributed by atoms with Gasteiger partial charge in [-0.1, -0.05) is 12.1 Å². The zero-order valence-corrected chi connectivity index (χ0v) is 9.35. The van der Waals surface area contributed by atoms with Crippen LogP contribution in [0.3, 0.4) is 0 Å². The average molecular weight is 233 g/mol. The van der Waals surface area contributed by atoms with Gasteiger partial charge < -0.3 is 9.67 Å². The van der Waals surface area contributed by atoms with Gasteiger partial charge in [-0.05, 0) is 31.2 Å². The van der Waals surface area contributed by atoms with E-state index in [4.69, 9.17) is 5.11 Å². The number of rotatable bonds is 3. The molecule has 1 aromatic carbocycles. The second-order valence-electron chi connectivity index (χ2n) is 3.66. The Bertz CT molecular complexity index is 560. The van der Waals surface area contributed by atoms with Crippen molar-refractivity contribution in [2.24, 2.45) is 0 Å². The number of hydrogen-bond acceptors (Lipinski definition) is 1. The van der Waals surface area contributed by atoms with Crippen molar-refractivity contribution >= 4 is 5.97 Å². The molecule has 0 saturated heterocycles. The largest absolute Gasteiger partial charge is 0.477 e. The first-order valence-corrected chi connectivity index (χ1v) is 5.32. The van der Waals surface area contributed by atoms with E-state index in [-0.39, 0.29) is 11.5 Å². The van der Waals surface area contributed by atoms with E-state index in [1.807, 2.05) is 6.92 Å². The van der Waals surface area contributed by atoms with Gasteiger partial charge in [-0.25, -0.2) is 9.18 Å². The number of benzene rings is 1. The van der Waals surface area contributed by atoms with Gasteiger partial charge in [0.05, 0.1) is 0 Å². The van der Waals surface area contributed by atoms with E-state index in [0.717, 1.165) is 0 Å². The number of hydrogen-bond donors (Lipinski definition) is 1. The maximum absolute atomic E-state index is 13.1. The summed E-state index contributed by atoms with van der Waals surface area (Å²) in [7, 11) is 0. The lowest BCUT2D eigenvalue weighted by atomic mass is 10.1. The fourth-order valence-corrected chi connectivity index (χ4v) is 1.89. The van der Waals surface area contributed by atoms with Crippen molar-refractivity contribution in [2.45, 2.75) is 13.5 Å². The first-order valence-electron chi connectivity index (χ1n) is 5.32. The van der Waals surface area contributed by atoms with Crippen LogP contribution in [0.5, 0.6) is 0 Å².